The molecule has 2 fully saturated rings. The summed E-state index contributed by atoms with van der Waals surface area (Å²) in [6.45, 7) is 3.03. The summed E-state index contributed by atoms with van der Waals surface area (Å²) in [7, 11) is -3.60. The molecule has 0 radical (unpaired) electrons. The van der Waals surface area contributed by atoms with E-state index < -0.39 is 10.0 Å². The van der Waals surface area contributed by atoms with Crippen LogP contribution in [0.1, 0.15) is 31.9 Å². The van der Waals surface area contributed by atoms with Gasteiger partial charge in [0, 0.05) is 12.6 Å². The normalized spacial score (nSPS) is 27.1. The Morgan fingerprint density at radius 3 is 2.75 bits per heavy atom. The zero-order valence-corrected chi connectivity index (χ0v) is 12.3. The third kappa shape index (κ3) is 3.22. The highest BCUT2D eigenvalue weighted by molar-refractivity contribution is 7.89. The van der Waals surface area contributed by atoms with Gasteiger partial charge in [-0.15, -0.1) is 0 Å². The predicted molar refractivity (Wildman–Crippen MR) is 72.7 cm³/mol. The molecule has 1 aromatic heterocycles. The van der Waals surface area contributed by atoms with Crippen LogP contribution >= 0.6 is 0 Å². The molecule has 0 bridgehead atoms. The minimum Gasteiger partial charge on any atom is -0.447 e. The summed E-state index contributed by atoms with van der Waals surface area (Å²) < 4.78 is 37.9. The Bertz CT molecular complexity index is 565. The summed E-state index contributed by atoms with van der Waals surface area (Å²) >= 11 is 0. The lowest BCUT2D eigenvalue weighted by Gasteiger charge is -2.14. The minimum atomic E-state index is -3.60. The fourth-order valence-electron chi connectivity index (χ4n) is 2.27. The van der Waals surface area contributed by atoms with E-state index in [2.05, 4.69) is 10.0 Å². The number of hydrogen-bond donors (Lipinski definition) is 2. The number of ether oxygens (including phenoxy) is 1. The SMILES string of the molecule is CC1OCCC1NS(=O)(=O)c1ccc(CNC2CC2)o1. The van der Waals surface area contributed by atoms with Crippen molar-refractivity contribution in [2.45, 2.75) is 56.0 Å². The summed E-state index contributed by atoms with van der Waals surface area (Å²) in [5.74, 6) is 0.646. The molecule has 0 spiro atoms. The lowest BCUT2D eigenvalue weighted by atomic mass is 10.2. The van der Waals surface area contributed by atoms with Crippen LogP contribution < -0.4 is 10.0 Å². The highest BCUT2D eigenvalue weighted by Crippen LogP contribution is 2.21. The van der Waals surface area contributed by atoms with E-state index in [1.807, 2.05) is 6.92 Å². The topological polar surface area (TPSA) is 80.6 Å². The summed E-state index contributed by atoms with van der Waals surface area (Å²) in [6.07, 6.45) is 2.97. The van der Waals surface area contributed by atoms with Gasteiger partial charge in [0.1, 0.15) is 5.76 Å². The largest absolute Gasteiger partial charge is 0.447 e. The van der Waals surface area contributed by atoms with Crippen LogP contribution in [0, 0.1) is 0 Å². The third-order valence-corrected chi connectivity index (χ3v) is 5.09. The molecule has 1 aliphatic carbocycles. The maximum absolute atomic E-state index is 12.2. The van der Waals surface area contributed by atoms with E-state index >= 15 is 0 Å². The highest BCUT2D eigenvalue weighted by Gasteiger charge is 2.30. The van der Waals surface area contributed by atoms with Gasteiger partial charge in [0.05, 0.1) is 18.7 Å². The van der Waals surface area contributed by atoms with Crippen molar-refractivity contribution in [1.29, 1.82) is 0 Å². The van der Waals surface area contributed by atoms with Crippen molar-refractivity contribution < 1.29 is 17.6 Å². The van der Waals surface area contributed by atoms with E-state index in [1.54, 1.807) is 6.07 Å². The smallest absolute Gasteiger partial charge is 0.274 e. The maximum Gasteiger partial charge on any atom is 0.274 e. The second kappa shape index (κ2) is 5.48. The standard InChI is InChI=1S/C13H20N2O4S/c1-9-12(6-7-18-9)15-20(16,17)13-5-4-11(19-13)8-14-10-2-3-10/h4-5,9-10,12,14-15H,2-3,6-8H2,1H3. The molecule has 0 aromatic carbocycles. The molecule has 3 rings (SSSR count). The highest BCUT2D eigenvalue weighted by atomic mass is 32.2. The molecule has 20 heavy (non-hydrogen) atoms. The fourth-order valence-corrected chi connectivity index (χ4v) is 3.56. The van der Waals surface area contributed by atoms with Gasteiger partial charge in [0.15, 0.2) is 0 Å². The fraction of sp³-hybridized carbons (Fsp3) is 0.692. The second-order valence-corrected chi connectivity index (χ2v) is 7.11. The zero-order chi connectivity index (χ0) is 14.2. The average molecular weight is 300 g/mol. The van der Waals surface area contributed by atoms with Gasteiger partial charge in [-0.05, 0) is 38.3 Å². The molecule has 7 heteroatoms. The van der Waals surface area contributed by atoms with Gasteiger partial charge in [-0.3, -0.25) is 0 Å². The van der Waals surface area contributed by atoms with Crippen LogP contribution in [0.3, 0.4) is 0 Å². The van der Waals surface area contributed by atoms with E-state index in [4.69, 9.17) is 9.15 Å². The van der Waals surface area contributed by atoms with Crippen LogP contribution in [0.15, 0.2) is 21.6 Å². The number of nitrogens with one attached hydrogen (secondary N) is 2. The van der Waals surface area contributed by atoms with Gasteiger partial charge in [0.2, 0.25) is 5.09 Å². The van der Waals surface area contributed by atoms with Crippen LogP contribution in [0.4, 0.5) is 0 Å². The van der Waals surface area contributed by atoms with E-state index in [1.165, 1.54) is 18.9 Å². The molecule has 2 heterocycles. The minimum absolute atomic E-state index is 0.0239. The van der Waals surface area contributed by atoms with Crippen LogP contribution in [0.5, 0.6) is 0 Å². The molecule has 2 N–H and O–H groups in total. The summed E-state index contributed by atoms with van der Waals surface area (Å²) in [6, 6.07) is 3.60. The Morgan fingerprint density at radius 1 is 1.30 bits per heavy atom. The van der Waals surface area contributed by atoms with E-state index in [0.717, 1.165) is 0 Å². The number of furan rings is 1. The van der Waals surface area contributed by atoms with E-state index in [9.17, 15) is 8.42 Å². The molecule has 2 aliphatic rings. The molecule has 1 aromatic rings. The van der Waals surface area contributed by atoms with Crippen LogP contribution in [0.25, 0.3) is 0 Å². The molecule has 1 saturated heterocycles. The Kier molecular flexibility index (Phi) is 3.85. The van der Waals surface area contributed by atoms with Gasteiger partial charge in [-0.1, -0.05) is 0 Å². The zero-order valence-electron chi connectivity index (χ0n) is 11.5. The first-order chi connectivity index (χ1) is 9.54. The summed E-state index contributed by atoms with van der Waals surface area (Å²) in [4.78, 5) is 0. The van der Waals surface area contributed by atoms with Crippen molar-refractivity contribution in [3.05, 3.63) is 17.9 Å². The van der Waals surface area contributed by atoms with Crippen molar-refractivity contribution in [1.82, 2.24) is 10.0 Å². The summed E-state index contributed by atoms with van der Waals surface area (Å²) in [5.41, 5.74) is 0. The lowest BCUT2D eigenvalue weighted by molar-refractivity contribution is 0.116. The van der Waals surface area contributed by atoms with Crippen molar-refractivity contribution in [2.75, 3.05) is 6.61 Å². The van der Waals surface area contributed by atoms with Crippen molar-refractivity contribution in [3.63, 3.8) is 0 Å². The first-order valence-electron chi connectivity index (χ1n) is 7.00. The number of rotatable bonds is 6. The Labute approximate surface area is 118 Å². The first-order valence-corrected chi connectivity index (χ1v) is 8.49. The van der Waals surface area contributed by atoms with E-state index in [-0.39, 0.29) is 17.2 Å². The molecule has 2 unspecified atom stereocenters. The van der Waals surface area contributed by atoms with Crippen LogP contribution in [-0.4, -0.2) is 33.2 Å². The van der Waals surface area contributed by atoms with Gasteiger partial charge in [-0.2, -0.15) is 0 Å². The molecule has 0 amide bonds. The Morgan fingerprint density at radius 2 is 2.10 bits per heavy atom. The van der Waals surface area contributed by atoms with Gasteiger partial charge in [0.25, 0.3) is 10.0 Å². The molecule has 6 nitrogen and oxygen atoms in total. The third-order valence-electron chi connectivity index (χ3n) is 3.73. The maximum atomic E-state index is 12.2. The van der Waals surface area contributed by atoms with E-state index in [0.29, 0.717) is 31.4 Å². The molecule has 1 aliphatic heterocycles. The quantitative estimate of drug-likeness (QED) is 0.819. The molecular weight excluding hydrogens is 280 g/mol. The van der Waals surface area contributed by atoms with Crippen molar-refractivity contribution in [2.24, 2.45) is 0 Å². The number of sulfonamides is 1. The molecular formula is C13H20N2O4S. The van der Waals surface area contributed by atoms with Gasteiger partial charge < -0.3 is 14.5 Å². The first kappa shape index (κ1) is 14.1. The Balaban J connectivity index is 1.63. The van der Waals surface area contributed by atoms with Gasteiger partial charge in [-0.25, -0.2) is 13.1 Å². The average Bonchev–Trinajstić information content (AvgIpc) is 2.95. The van der Waals surface area contributed by atoms with Crippen LogP contribution in [0.2, 0.25) is 0 Å². The Hall–Kier alpha value is -0.890. The summed E-state index contributed by atoms with van der Waals surface area (Å²) in [5, 5.41) is 3.26. The van der Waals surface area contributed by atoms with Crippen LogP contribution in [-0.2, 0) is 21.3 Å². The van der Waals surface area contributed by atoms with Crippen molar-refractivity contribution in [3.8, 4) is 0 Å². The molecule has 112 valence electrons. The molecule has 2 atom stereocenters. The lowest BCUT2D eigenvalue weighted by Crippen LogP contribution is -2.38. The van der Waals surface area contributed by atoms with Gasteiger partial charge >= 0.3 is 0 Å². The second-order valence-electron chi connectivity index (χ2n) is 5.47. The molecule has 1 saturated carbocycles. The predicted octanol–water partition coefficient (Wildman–Crippen LogP) is 0.987. The van der Waals surface area contributed by atoms with Crippen molar-refractivity contribution >= 4 is 10.0 Å². The number of hydrogen-bond acceptors (Lipinski definition) is 5. The monoisotopic (exact) mass is 300 g/mol.